The van der Waals surface area contributed by atoms with E-state index in [1.807, 2.05) is 0 Å². The van der Waals surface area contributed by atoms with Crippen LogP contribution in [-0.2, 0) is 49.3 Å². The monoisotopic (exact) mass is 648 g/mol. The molecule has 5 atom stereocenters. The summed E-state index contributed by atoms with van der Waals surface area (Å²) in [7, 11) is 0. The van der Waals surface area contributed by atoms with E-state index in [2.05, 4.69) is 19.9 Å². The summed E-state index contributed by atoms with van der Waals surface area (Å²) >= 11 is 2.08. The molecule has 3 aromatic heterocycles. The van der Waals surface area contributed by atoms with Gasteiger partial charge in [-0.3, -0.25) is 33.9 Å². The molecule has 234 valence electrons. The highest BCUT2D eigenvalue weighted by atomic mass is 32.1. The van der Waals surface area contributed by atoms with Crippen molar-refractivity contribution in [3.8, 4) is 10.7 Å². The van der Waals surface area contributed by atoms with Crippen LogP contribution in [0.5, 0.6) is 0 Å². The van der Waals surface area contributed by atoms with Crippen LogP contribution in [0.3, 0.4) is 0 Å². The average molecular weight is 649 g/mol. The topological polar surface area (TPSA) is 203 Å². The Labute approximate surface area is 258 Å². The van der Waals surface area contributed by atoms with Crippen LogP contribution in [-0.4, -0.2) is 91.5 Å². The first-order valence-electron chi connectivity index (χ1n) is 13.1. The van der Waals surface area contributed by atoms with Crippen LogP contribution < -0.4 is 0 Å². The second-order valence-corrected chi connectivity index (χ2v) is 11.7. The summed E-state index contributed by atoms with van der Waals surface area (Å²) in [6.07, 6.45) is -0.658. The molecule has 1 fully saturated rings. The van der Waals surface area contributed by atoms with Crippen LogP contribution in [0.15, 0.2) is 24.8 Å². The predicted octanol–water partition coefficient (Wildman–Crippen LogP) is 1.58. The van der Waals surface area contributed by atoms with Gasteiger partial charge in [0, 0.05) is 46.3 Å². The van der Waals surface area contributed by atoms with E-state index in [0.29, 0.717) is 21.3 Å². The van der Waals surface area contributed by atoms with Crippen LogP contribution in [0.25, 0.3) is 10.7 Å². The molecular formula is C27H28N4O11S2. The van der Waals surface area contributed by atoms with Gasteiger partial charge in [0.15, 0.2) is 18.3 Å². The Balaban J connectivity index is 1.66. The van der Waals surface area contributed by atoms with Crippen LogP contribution in [0.2, 0.25) is 0 Å². The van der Waals surface area contributed by atoms with Crippen molar-refractivity contribution in [3.63, 3.8) is 0 Å². The number of carbonyl (C=O) groups is 5. The summed E-state index contributed by atoms with van der Waals surface area (Å²) in [5.74, 6) is -6.03. The van der Waals surface area contributed by atoms with E-state index in [1.54, 1.807) is 6.92 Å². The fraction of sp³-hybridized carbons (Fsp3) is 0.444. The zero-order valence-electron chi connectivity index (χ0n) is 24.2. The summed E-state index contributed by atoms with van der Waals surface area (Å²) in [5, 5.41) is 12.5. The quantitative estimate of drug-likeness (QED) is 0.188. The maximum absolute atomic E-state index is 13.4. The first-order valence-corrected chi connectivity index (χ1v) is 14.7. The molecule has 1 saturated heterocycles. The van der Waals surface area contributed by atoms with Crippen molar-refractivity contribution in [1.29, 1.82) is 0 Å². The lowest BCUT2D eigenvalue weighted by atomic mass is 9.90. The minimum atomic E-state index is -2.44. The predicted molar refractivity (Wildman–Crippen MR) is 150 cm³/mol. The van der Waals surface area contributed by atoms with Gasteiger partial charge in [-0.05, 0) is 6.92 Å². The van der Waals surface area contributed by atoms with Crippen molar-refractivity contribution >= 4 is 52.3 Å². The SMILES string of the molecule is CC(=O)OC[C@H]1O[C@@](O)(Cc2ncc(C(=O)c3sc(-c4cnccn4)nc3C)s2)[C@@H](OC(C)=O)[C@@H](OC(C)=O)[C@@H]1OC(C)=O. The fourth-order valence-corrected chi connectivity index (χ4v) is 6.44. The lowest BCUT2D eigenvalue weighted by Gasteiger charge is -2.48. The molecule has 1 N–H and O–H groups in total. The summed E-state index contributed by atoms with van der Waals surface area (Å²) in [4.78, 5) is 78.6. The number of esters is 4. The van der Waals surface area contributed by atoms with Gasteiger partial charge in [0.2, 0.25) is 11.6 Å². The number of ether oxygens (including phenoxy) is 5. The standard InChI is InChI=1S/C27H28N4O11S2/c1-12-24(44-26(31-12)17-9-28-6-7-29-17)21(36)19-10-30-20(43-19)8-27(37)25(41-16(5)35)23(40-15(4)34)22(39-14(3)33)18(42-27)11-38-13(2)32/h6-7,9-10,18,22-23,25,37H,8,11H2,1-5H3/t18-,22-,23+,25+,27+/m1/s1. The van der Waals surface area contributed by atoms with Gasteiger partial charge in [0.1, 0.15) is 23.4 Å². The number of aliphatic hydroxyl groups is 1. The summed E-state index contributed by atoms with van der Waals surface area (Å²) < 4.78 is 27.0. The summed E-state index contributed by atoms with van der Waals surface area (Å²) in [6.45, 7) is 5.53. The highest BCUT2D eigenvalue weighted by molar-refractivity contribution is 7.19. The number of ketones is 1. The highest BCUT2D eigenvalue weighted by Gasteiger charge is 2.59. The normalized spacial score (nSPS) is 23.0. The Hall–Kier alpha value is -4.19. The van der Waals surface area contributed by atoms with Crippen LogP contribution in [0.4, 0.5) is 0 Å². The van der Waals surface area contributed by atoms with Crippen molar-refractivity contribution < 1.29 is 52.8 Å². The van der Waals surface area contributed by atoms with E-state index >= 15 is 0 Å². The molecule has 1 aliphatic rings. The van der Waals surface area contributed by atoms with Gasteiger partial charge in [0.05, 0.1) is 33.1 Å². The molecule has 4 heterocycles. The third kappa shape index (κ3) is 7.65. The van der Waals surface area contributed by atoms with E-state index in [-0.39, 0.29) is 15.7 Å². The minimum absolute atomic E-state index is 0.183. The van der Waals surface area contributed by atoms with Gasteiger partial charge in [-0.2, -0.15) is 0 Å². The third-order valence-electron chi connectivity index (χ3n) is 6.10. The number of thiazole rings is 2. The zero-order valence-corrected chi connectivity index (χ0v) is 25.8. The lowest BCUT2D eigenvalue weighted by molar-refractivity contribution is -0.351. The largest absolute Gasteiger partial charge is 0.463 e. The lowest BCUT2D eigenvalue weighted by Crippen LogP contribution is -2.68. The van der Waals surface area contributed by atoms with Crippen molar-refractivity contribution in [1.82, 2.24) is 19.9 Å². The number of hydrogen-bond acceptors (Lipinski definition) is 17. The molecule has 0 aliphatic carbocycles. The zero-order chi connectivity index (χ0) is 32.2. The van der Waals surface area contributed by atoms with E-state index in [1.165, 1.54) is 24.8 Å². The Kier molecular flexibility index (Phi) is 10.1. The van der Waals surface area contributed by atoms with Gasteiger partial charge in [-0.25, -0.2) is 9.97 Å². The van der Waals surface area contributed by atoms with E-state index < -0.39 is 67.1 Å². The molecule has 0 radical (unpaired) electrons. The summed E-state index contributed by atoms with van der Waals surface area (Å²) in [5.41, 5.74) is 0.990. The Morgan fingerprint density at radius 3 is 2.20 bits per heavy atom. The maximum atomic E-state index is 13.4. The van der Waals surface area contributed by atoms with Gasteiger partial charge in [-0.15, -0.1) is 22.7 Å². The average Bonchev–Trinajstić information content (AvgIpc) is 3.57. The molecule has 4 rings (SSSR count). The Morgan fingerprint density at radius 2 is 1.59 bits per heavy atom. The van der Waals surface area contributed by atoms with Crippen molar-refractivity contribution in [2.24, 2.45) is 0 Å². The molecule has 0 amide bonds. The molecule has 44 heavy (non-hydrogen) atoms. The fourth-order valence-electron chi connectivity index (χ4n) is 4.45. The highest BCUT2D eigenvalue weighted by Crippen LogP contribution is 2.38. The van der Waals surface area contributed by atoms with Gasteiger partial charge in [-0.1, -0.05) is 0 Å². The number of carbonyl (C=O) groups excluding carboxylic acids is 5. The molecule has 0 spiro atoms. The maximum Gasteiger partial charge on any atom is 0.303 e. The molecule has 0 unspecified atom stereocenters. The van der Waals surface area contributed by atoms with Crippen molar-refractivity contribution in [2.75, 3.05) is 6.61 Å². The molecule has 15 nitrogen and oxygen atoms in total. The van der Waals surface area contributed by atoms with Crippen LogP contribution >= 0.6 is 22.7 Å². The van der Waals surface area contributed by atoms with Crippen molar-refractivity contribution in [3.05, 3.63) is 45.2 Å². The van der Waals surface area contributed by atoms with Gasteiger partial charge >= 0.3 is 23.9 Å². The number of rotatable bonds is 10. The smallest absolute Gasteiger partial charge is 0.303 e. The number of hydrogen-bond donors (Lipinski definition) is 1. The van der Waals surface area contributed by atoms with Crippen LogP contribution in [0.1, 0.15) is 52.9 Å². The second kappa shape index (κ2) is 13.6. The number of nitrogens with zero attached hydrogens (tertiary/aromatic N) is 4. The van der Waals surface area contributed by atoms with Gasteiger partial charge in [0.25, 0.3) is 0 Å². The number of aryl methyl sites for hydroxylation is 1. The second-order valence-electron chi connectivity index (χ2n) is 9.63. The Morgan fingerprint density at radius 1 is 0.909 bits per heavy atom. The molecular weight excluding hydrogens is 620 g/mol. The van der Waals surface area contributed by atoms with E-state index in [4.69, 9.17) is 23.7 Å². The van der Waals surface area contributed by atoms with E-state index in [9.17, 15) is 29.1 Å². The van der Waals surface area contributed by atoms with E-state index in [0.717, 1.165) is 50.4 Å². The first-order chi connectivity index (χ1) is 20.8. The summed E-state index contributed by atoms with van der Waals surface area (Å²) in [6, 6.07) is 0. The van der Waals surface area contributed by atoms with Crippen LogP contribution in [0, 0.1) is 6.92 Å². The van der Waals surface area contributed by atoms with Crippen molar-refractivity contribution in [2.45, 2.75) is 71.2 Å². The van der Waals surface area contributed by atoms with Gasteiger partial charge < -0.3 is 28.8 Å². The minimum Gasteiger partial charge on any atom is -0.463 e. The first kappa shape index (κ1) is 32.7. The molecule has 17 heteroatoms. The molecule has 1 aliphatic heterocycles. The molecule has 0 saturated carbocycles. The molecule has 0 aromatic carbocycles. The third-order valence-corrected chi connectivity index (χ3v) is 8.28. The Bertz CT molecular complexity index is 1560. The molecule has 0 bridgehead atoms. The molecule has 3 aromatic rings. The number of aromatic nitrogens is 4.